The molecule has 1 N–H and O–H groups in total. The molecule has 120 valence electrons. The minimum absolute atomic E-state index is 0.0365. The number of hydrogen-bond donors (Lipinski definition) is 1. The monoisotopic (exact) mass is 341 g/mol. The first-order valence-electron chi connectivity index (χ1n) is 7.90. The molecule has 22 heavy (non-hydrogen) atoms. The number of nitrogens with one attached hydrogen (secondary N) is 1. The summed E-state index contributed by atoms with van der Waals surface area (Å²) in [5.41, 5.74) is 0. The Bertz CT molecular complexity index is 564. The third-order valence-electron chi connectivity index (χ3n) is 5.08. The molecular formula is C17H21Cl2NO2. The summed E-state index contributed by atoms with van der Waals surface area (Å²) in [6.07, 6.45) is 5.30. The van der Waals surface area contributed by atoms with Crippen molar-refractivity contribution in [3.63, 3.8) is 0 Å². The Morgan fingerprint density at radius 3 is 2.86 bits per heavy atom. The summed E-state index contributed by atoms with van der Waals surface area (Å²) in [5.74, 6) is 2.64. The molecule has 1 amide bonds. The topological polar surface area (TPSA) is 38.3 Å². The van der Waals surface area contributed by atoms with E-state index in [1.54, 1.807) is 18.2 Å². The first kappa shape index (κ1) is 15.9. The minimum atomic E-state index is -0.105. The zero-order valence-electron chi connectivity index (χ0n) is 12.6. The quantitative estimate of drug-likeness (QED) is 0.866. The van der Waals surface area contributed by atoms with E-state index in [0.717, 1.165) is 11.8 Å². The highest BCUT2D eigenvalue weighted by atomic mass is 35.5. The molecule has 2 bridgehead atoms. The standard InChI is InChI=1S/C17H21Cl2NO2/c1-10(14-7-11-2-3-12(14)6-11)20-17(21)9-22-16-8-13(18)4-5-15(16)19/h4-5,8,10-12,14H,2-3,6-7,9H2,1H3,(H,20,21)/t10-,11+,12+,14-/m1/s1. The van der Waals surface area contributed by atoms with Crippen molar-refractivity contribution in [3.8, 4) is 5.75 Å². The van der Waals surface area contributed by atoms with E-state index < -0.39 is 0 Å². The van der Waals surface area contributed by atoms with Crippen LogP contribution in [0.2, 0.25) is 10.0 Å². The number of rotatable bonds is 5. The maximum absolute atomic E-state index is 12.1. The molecule has 1 aromatic rings. The lowest BCUT2D eigenvalue weighted by Crippen LogP contribution is -2.42. The van der Waals surface area contributed by atoms with E-state index >= 15 is 0 Å². The van der Waals surface area contributed by atoms with Gasteiger partial charge in [0, 0.05) is 17.1 Å². The molecular weight excluding hydrogens is 321 g/mol. The molecule has 2 saturated carbocycles. The van der Waals surface area contributed by atoms with Crippen molar-refractivity contribution in [1.29, 1.82) is 0 Å². The van der Waals surface area contributed by atoms with Crippen molar-refractivity contribution in [2.75, 3.05) is 6.61 Å². The Balaban J connectivity index is 1.49. The molecule has 5 heteroatoms. The van der Waals surface area contributed by atoms with Gasteiger partial charge in [0.2, 0.25) is 0 Å². The Kier molecular flexibility index (Phi) is 4.84. The summed E-state index contributed by atoms with van der Waals surface area (Å²) in [7, 11) is 0. The number of carbonyl (C=O) groups is 1. The second-order valence-corrected chi connectivity index (χ2v) is 7.40. The van der Waals surface area contributed by atoms with Crippen molar-refractivity contribution in [1.82, 2.24) is 5.32 Å². The molecule has 2 aliphatic carbocycles. The van der Waals surface area contributed by atoms with Crippen LogP contribution in [-0.4, -0.2) is 18.6 Å². The Hall–Kier alpha value is -0.930. The molecule has 4 atom stereocenters. The SMILES string of the molecule is C[C@@H](NC(=O)COc1cc(Cl)ccc1Cl)[C@H]1C[C@H]2CC[C@H]1C2. The molecule has 0 heterocycles. The molecule has 3 rings (SSSR count). The van der Waals surface area contributed by atoms with Crippen LogP contribution in [-0.2, 0) is 4.79 Å². The highest BCUT2D eigenvalue weighted by Gasteiger charge is 2.42. The van der Waals surface area contributed by atoms with E-state index in [-0.39, 0.29) is 18.6 Å². The summed E-state index contributed by atoms with van der Waals surface area (Å²) in [5, 5.41) is 4.06. The molecule has 0 radical (unpaired) electrons. The van der Waals surface area contributed by atoms with Crippen LogP contribution in [0.1, 0.15) is 32.6 Å². The van der Waals surface area contributed by atoms with E-state index in [1.807, 2.05) is 0 Å². The predicted octanol–water partition coefficient (Wildman–Crippen LogP) is 4.31. The first-order chi connectivity index (χ1) is 10.5. The molecule has 0 saturated heterocycles. The van der Waals surface area contributed by atoms with Crippen molar-refractivity contribution >= 4 is 29.1 Å². The maximum atomic E-state index is 12.1. The van der Waals surface area contributed by atoms with Crippen LogP contribution < -0.4 is 10.1 Å². The van der Waals surface area contributed by atoms with Crippen LogP contribution in [0.15, 0.2) is 18.2 Å². The zero-order chi connectivity index (χ0) is 15.7. The lowest BCUT2D eigenvalue weighted by atomic mass is 9.84. The molecule has 2 fully saturated rings. The normalized spacial score (nSPS) is 27.7. The number of benzene rings is 1. The van der Waals surface area contributed by atoms with Gasteiger partial charge < -0.3 is 10.1 Å². The Morgan fingerprint density at radius 2 is 2.18 bits per heavy atom. The van der Waals surface area contributed by atoms with E-state index in [4.69, 9.17) is 27.9 Å². The predicted molar refractivity (Wildman–Crippen MR) is 88.5 cm³/mol. The van der Waals surface area contributed by atoms with Gasteiger partial charge in [-0.15, -0.1) is 0 Å². The number of hydrogen-bond acceptors (Lipinski definition) is 2. The lowest BCUT2D eigenvalue weighted by Gasteiger charge is -2.28. The van der Waals surface area contributed by atoms with Gasteiger partial charge in [0.15, 0.2) is 6.61 Å². The fourth-order valence-electron chi connectivity index (χ4n) is 4.04. The molecule has 2 aliphatic rings. The van der Waals surface area contributed by atoms with Gasteiger partial charge in [0.1, 0.15) is 5.75 Å². The number of halogens is 2. The molecule has 1 aromatic carbocycles. The minimum Gasteiger partial charge on any atom is -0.482 e. The molecule has 0 spiro atoms. The van der Waals surface area contributed by atoms with Crippen molar-refractivity contribution in [3.05, 3.63) is 28.2 Å². The van der Waals surface area contributed by atoms with Gasteiger partial charge in [0.25, 0.3) is 5.91 Å². The second kappa shape index (κ2) is 6.67. The van der Waals surface area contributed by atoms with Crippen LogP contribution in [0.25, 0.3) is 0 Å². The van der Waals surface area contributed by atoms with Gasteiger partial charge >= 0.3 is 0 Å². The summed E-state index contributed by atoms with van der Waals surface area (Å²) < 4.78 is 5.48. The summed E-state index contributed by atoms with van der Waals surface area (Å²) in [4.78, 5) is 12.1. The van der Waals surface area contributed by atoms with Crippen LogP contribution in [0.5, 0.6) is 5.75 Å². The van der Waals surface area contributed by atoms with Gasteiger partial charge in [-0.1, -0.05) is 29.6 Å². The van der Waals surface area contributed by atoms with Crippen molar-refractivity contribution < 1.29 is 9.53 Å². The number of ether oxygens (including phenoxy) is 1. The number of fused-ring (bicyclic) bond motifs is 2. The van der Waals surface area contributed by atoms with E-state index in [1.165, 1.54) is 25.7 Å². The average Bonchev–Trinajstić information content (AvgIpc) is 3.11. The molecule has 3 nitrogen and oxygen atoms in total. The lowest BCUT2D eigenvalue weighted by molar-refractivity contribution is -0.124. The summed E-state index contributed by atoms with van der Waals surface area (Å²) in [6, 6.07) is 5.18. The largest absolute Gasteiger partial charge is 0.482 e. The fourth-order valence-corrected chi connectivity index (χ4v) is 4.37. The smallest absolute Gasteiger partial charge is 0.258 e. The van der Waals surface area contributed by atoms with Crippen LogP contribution in [0.3, 0.4) is 0 Å². The number of amides is 1. The third kappa shape index (κ3) is 3.52. The molecule has 0 aromatic heterocycles. The highest BCUT2D eigenvalue weighted by Crippen LogP contribution is 2.49. The fraction of sp³-hybridized carbons (Fsp3) is 0.588. The zero-order valence-corrected chi connectivity index (χ0v) is 14.2. The van der Waals surface area contributed by atoms with Gasteiger partial charge in [0.05, 0.1) is 5.02 Å². The van der Waals surface area contributed by atoms with Crippen molar-refractivity contribution in [2.24, 2.45) is 17.8 Å². The summed E-state index contributed by atoms with van der Waals surface area (Å²) >= 11 is 11.9. The van der Waals surface area contributed by atoms with E-state index in [9.17, 15) is 4.79 Å². The van der Waals surface area contributed by atoms with Gasteiger partial charge in [-0.25, -0.2) is 0 Å². The van der Waals surface area contributed by atoms with Crippen molar-refractivity contribution in [2.45, 2.75) is 38.6 Å². The Labute approximate surface area is 141 Å². The summed E-state index contributed by atoms with van der Waals surface area (Å²) in [6.45, 7) is 2.07. The highest BCUT2D eigenvalue weighted by molar-refractivity contribution is 6.34. The average molecular weight is 342 g/mol. The van der Waals surface area contributed by atoms with E-state index in [2.05, 4.69) is 12.2 Å². The maximum Gasteiger partial charge on any atom is 0.258 e. The van der Waals surface area contributed by atoms with E-state index in [0.29, 0.717) is 21.7 Å². The Morgan fingerprint density at radius 1 is 1.36 bits per heavy atom. The van der Waals surface area contributed by atoms with Gasteiger partial charge in [-0.3, -0.25) is 4.79 Å². The number of carbonyl (C=O) groups excluding carboxylic acids is 1. The molecule has 0 unspecified atom stereocenters. The van der Waals surface area contributed by atoms with Crippen LogP contribution in [0, 0.1) is 17.8 Å². The van der Waals surface area contributed by atoms with Crippen LogP contribution >= 0.6 is 23.2 Å². The second-order valence-electron chi connectivity index (χ2n) is 6.56. The van der Waals surface area contributed by atoms with Crippen LogP contribution in [0.4, 0.5) is 0 Å². The third-order valence-corrected chi connectivity index (χ3v) is 5.62. The van der Waals surface area contributed by atoms with Gasteiger partial charge in [-0.05, 0) is 56.1 Å². The van der Waals surface area contributed by atoms with Gasteiger partial charge in [-0.2, -0.15) is 0 Å². The first-order valence-corrected chi connectivity index (χ1v) is 8.65. The molecule has 0 aliphatic heterocycles.